The van der Waals surface area contributed by atoms with Crippen LogP contribution in [-0.2, 0) is 5.41 Å². The number of hydrogen-bond acceptors (Lipinski definition) is 0. The molecular weight excluding hydrogens is 372 g/mol. The Morgan fingerprint density at radius 3 is 1.10 bits per heavy atom. The summed E-state index contributed by atoms with van der Waals surface area (Å²) in [6, 6.07) is 27.1. The van der Waals surface area contributed by atoms with E-state index < -0.39 is 0 Å². The van der Waals surface area contributed by atoms with Crippen molar-refractivity contribution in [1.82, 2.24) is 0 Å². The minimum atomic E-state index is -0.0275. The van der Waals surface area contributed by atoms with Gasteiger partial charge in [0.15, 0.2) is 0 Å². The average Bonchev–Trinajstić information content (AvgIpc) is 2.98. The zero-order chi connectivity index (χ0) is 21.9. The van der Waals surface area contributed by atoms with Gasteiger partial charge in [0, 0.05) is 5.41 Å². The highest BCUT2D eigenvalue weighted by Gasteiger charge is 2.39. The van der Waals surface area contributed by atoms with Gasteiger partial charge >= 0.3 is 0 Å². The summed E-state index contributed by atoms with van der Waals surface area (Å²) in [6.07, 6.45) is 0. The van der Waals surface area contributed by atoms with E-state index in [-0.39, 0.29) is 5.41 Å². The standard InChI is InChI=1S/C31H30/c1-19-7-11-23(12-8-19)25-15-17-27-28-18-16-26(24-13-9-20(2)10-14-24)22(4)30(28)31(5,6)29(27)21(25)3/h7-18H,1-6H3. The normalized spacial score (nSPS) is 13.7. The summed E-state index contributed by atoms with van der Waals surface area (Å²) in [7, 11) is 0. The average molecular weight is 403 g/mol. The number of rotatable bonds is 2. The van der Waals surface area contributed by atoms with E-state index >= 15 is 0 Å². The van der Waals surface area contributed by atoms with Gasteiger partial charge < -0.3 is 0 Å². The van der Waals surface area contributed by atoms with E-state index in [4.69, 9.17) is 0 Å². The fourth-order valence-corrected chi connectivity index (χ4v) is 5.70. The molecule has 0 nitrogen and oxygen atoms in total. The fraction of sp³-hybridized carbons (Fsp3) is 0.226. The maximum absolute atomic E-state index is 2.40. The minimum Gasteiger partial charge on any atom is -0.0587 e. The summed E-state index contributed by atoms with van der Waals surface area (Å²) >= 11 is 0. The predicted octanol–water partition coefficient (Wildman–Crippen LogP) is 8.56. The van der Waals surface area contributed by atoms with E-state index in [0.717, 1.165) is 0 Å². The second-order valence-corrected chi connectivity index (χ2v) is 9.68. The molecule has 0 saturated carbocycles. The van der Waals surface area contributed by atoms with Crippen molar-refractivity contribution in [2.45, 2.75) is 47.0 Å². The Kier molecular flexibility index (Phi) is 4.45. The largest absolute Gasteiger partial charge is 0.0587 e. The summed E-state index contributed by atoms with van der Waals surface area (Å²) in [5, 5.41) is 0. The number of hydrogen-bond donors (Lipinski definition) is 0. The van der Waals surface area contributed by atoms with Gasteiger partial charge in [-0.3, -0.25) is 0 Å². The first kappa shape index (κ1) is 19.8. The molecule has 4 aromatic rings. The minimum absolute atomic E-state index is 0.0275. The molecule has 1 aliphatic rings. The van der Waals surface area contributed by atoms with Crippen molar-refractivity contribution in [3.8, 4) is 33.4 Å². The molecule has 0 atom stereocenters. The molecule has 31 heavy (non-hydrogen) atoms. The second kappa shape index (κ2) is 6.95. The first-order valence-electron chi connectivity index (χ1n) is 11.2. The Morgan fingerprint density at radius 1 is 0.419 bits per heavy atom. The lowest BCUT2D eigenvalue weighted by Crippen LogP contribution is -2.18. The lowest BCUT2D eigenvalue weighted by molar-refractivity contribution is 0.651. The molecule has 0 fully saturated rings. The van der Waals surface area contributed by atoms with Gasteiger partial charge in [0.2, 0.25) is 0 Å². The van der Waals surface area contributed by atoms with Crippen LogP contribution in [0.4, 0.5) is 0 Å². The van der Waals surface area contributed by atoms with Crippen LogP contribution in [0.1, 0.15) is 47.2 Å². The van der Waals surface area contributed by atoms with Crippen molar-refractivity contribution in [1.29, 1.82) is 0 Å². The van der Waals surface area contributed by atoms with Crippen LogP contribution in [0.5, 0.6) is 0 Å². The molecule has 0 radical (unpaired) electrons. The zero-order valence-corrected chi connectivity index (χ0v) is 19.4. The Balaban J connectivity index is 1.70. The van der Waals surface area contributed by atoms with E-state index in [2.05, 4.69) is 114 Å². The van der Waals surface area contributed by atoms with Crippen molar-refractivity contribution < 1.29 is 0 Å². The van der Waals surface area contributed by atoms with E-state index in [1.165, 1.54) is 66.8 Å². The summed E-state index contributed by atoms with van der Waals surface area (Å²) in [4.78, 5) is 0. The first-order chi connectivity index (χ1) is 14.8. The molecule has 154 valence electrons. The van der Waals surface area contributed by atoms with Crippen LogP contribution < -0.4 is 0 Å². The molecule has 1 aliphatic carbocycles. The second-order valence-electron chi connectivity index (χ2n) is 9.68. The van der Waals surface area contributed by atoms with Crippen LogP contribution in [0.25, 0.3) is 33.4 Å². The Labute approximate surface area is 186 Å². The summed E-state index contributed by atoms with van der Waals surface area (Å²) < 4.78 is 0. The van der Waals surface area contributed by atoms with Gasteiger partial charge in [-0.05, 0) is 83.3 Å². The number of fused-ring (bicyclic) bond motifs is 3. The molecule has 0 heterocycles. The van der Waals surface area contributed by atoms with Crippen LogP contribution in [0.15, 0.2) is 72.8 Å². The number of benzene rings is 4. The highest BCUT2D eigenvalue weighted by molar-refractivity contribution is 5.89. The van der Waals surface area contributed by atoms with E-state index in [1.807, 2.05) is 0 Å². The first-order valence-corrected chi connectivity index (χ1v) is 11.2. The summed E-state index contributed by atoms with van der Waals surface area (Å²) in [5.74, 6) is 0. The van der Waals surface area contributed by atoms with Gasteiger partial charge in [0.25, 0.3) is 0 Å². The smallest absolute Gasteiger partial charge is 0.0164 e. The fourth-order valence-electron chi connectivity index (χ4n) is 5.70. The van der Waals surface area contributed by atoms with Crippen molar-refractivity contribution in [3.63, 3.8) is 0 Å². The van der Waals surface area contributed by atoms with Gasteiger partial charge in [-0.2, -0.15) is 0 Å². The number of aryl methyl sites for hydroxylation is 2. The lowest BCUT2D eigenvalue weighted by Gasteiger charge is -2.27. The predicted molar refractivity (Wildman–Crippen MR) is 134 cm³/mol. The van der Waals surface area contributed by atoms with E-state index in [1.54, 1.807) is 0 Å². The monoisotopic (exact) mass is 402 g/mol. The van der Waals surface area contributed by atoms with Crippen LogP contribution in [0, 0.1) is 27.7 Å². The van der Waals surface area contributed by atoms with Gasteiger partial charge in [-0.15, -0.1) is 0 Å². The maximum atomic E-state index is 2.40. The molecule has 0 aromatic heterocycles. The van der Waals surface area contributed by atoms with E-state index in [0.29, 0.717) is 0 Å². The maximum Gasteiger partial charge on any atom is 0.0164 e. The highest BCUT2D eigenvalue weighted by atomic mass is 14.4. The molecule has 0 amide bonds. The molecule has 0 aliphatic heterocycles. The third-order valence-electron chi connectivity index (χ3n) is 7.20. The quantitative estimate of drug-likeness (QED) is 0.315. The molecule has 0 saturated heterocycles. The van der Waals surface area contributed by atoms with Gasteiger partial charge in [0.1, 0.15) is 0 Å². The van der Waals surface area contributed by atoms with Crippen LogP contribution in [-0.4, -0.2) is 0 Å². The molecule has 5 rings (SSSR count). The molecule has 0 unspecified atom stereocenters. The van der Waals surface area contributed by atoms with Crippen LogP contribution in [0.3, 0.4) is 0 Å². The SMILES string of the molecule is Cc1ccc(-c2ccc3c(c2C)C(C)(C)c2c-3ccc(-c3ccc(C)cc3)c2C)cc1. The van der Waals surface area contributed by atoms with Crippen molar-refractivity contribution in [2.75, 3.05) is 0 Å². The Morgan fingerprint density at radius 2 is 0.742 bits per heavy atom. The van der Waals surface area contributed by atoms with E-state index in [9.17, 15) is 0 Å². The molecule has 0 bridgehead atoms. The lowest BCUT2D eigenvalue weighted by atomic mass is 9.76. The molecule has 4 aromatic carbocycles. The Bertz CT molecular complexity index is 1200. The zero-order valence-electron chi connectivity index (χ0n) is 19.4. The third kappa shape index (κ3) is 2.97. The van der Waals surface area contributed by atoms with Gasteiger partial charge in [-0.1, -0.05) is 97.8 Å². The van der Waals surface area contributed by atoms with Gasteiger partial charge in [-0.25, -0.2) is 0 Å². The third-order valence-corrected chi connectivity index (χ3v) is 7.20. The highest BCUT2D eigenvalue weighted by Crippen LogP contribution is 2.53. The topological polar surface area (TPSA) is 0 Å². The molecule has 0 N–H and O–H groups in total. The van der Waals surface area contributed by atoms with Crippen molar-refractivity contribution >= 4 is 0 Å². The summed E-state index contributed by atoms with van der Waals surface area (Å²) in [6.45, 7) is 13.7. The Hall–Kier alpha value is -3.12. The molecule has 0 spiro atoms. The van der Waals surface area contributed by atoms with Crippen molar-refractivity contribution in [2.24, 2.45) is 0 Å². The van der Waals surface area contributed by atoms with Crippen LogP contribution >= 0.6 is 0 Å². The molecular formula is C31H30. The van der Waals surface area contributed by atoms with Crippen molar-refractivity contribution in [3.05, 3.63) is 106 Å². The summed E-state index contributed by atoms with van der Waals surface area (Å²) in [5.41, 5.74) is 16.4. The van der Waals surface area contributed by atoms with Gasteiger partial charge in [0.05, 0.1) is 0 Å². The van der Waals surface area contributed by atoms with Crippen LogP contribution in [0.2, 0.25) is 0 Å². The molecule has 0 heteroatoms.